The number of fused-ring (bicyclic) bond motifs is 1. The Hall–Kier alpha value is -3.81. The highest BCUT2D eigenvalue weighted by atomic mass is 16.6. The fourth-order valence-electron chi connectivity index (χ4n) is 3.60. The van der Waals surface area contributed by atoms with Gasteiger partial charge in [0.05, 0.1) is 7.11 Å². The highest BCUT2D eigenvalue weighted by molar-refractivity contribution is 5.94. The Labute approximate surface area is 210 Å². The Morgan fingerprint density at radius 3 is 2.25 bits per heavy atom. The fraction of sp³-hybridized carbons (Fsp3) is 0.393. The molecule has 0 bridgehead atoms. The van der Waals surface area contributed by atoms with Crippen molar-refractivity contribution in [2.45, 2.75) is 59.1 Å². The molecule has 0 radical (unpaired) electrons. The Balaban J connectivity index is 1.85. The minimum atomic E-state index is -0.893. The molecule has 0 aliphatic heterocycles. The van der Waals surface area contributed by atoms with Crippen molar-refractivity contribution >= 4 is 23.0 Å². The van der Waals surface area contributed by atoms with Crippen molar-refractivity contribution in [2.24, 2.45) is 5.92 Å². The van der Waals surface area contributed by atoms with Gasteiger partial charge in [-0.3, -0.25) is 0 Å². The number of hydrogen-bond donors (Lipinski definition) is 1. The second-order valence-corrected chi connectivity index (χ2v) is 9.96. The topological polar surface area (TPSA) is 104 Å². The van der Waals surface area contributed by atoms with Gasteiger partial charge in [0, 0.05) is 17.5 Å². The summed E-state index contributed by atoms with van der Waals surface area (Å²) in [6, 6.07) is 12.7. The van der Waals surface area contributed by atoms with Crippen molar-refractivity contribution in [1.82, 2.24) is 5.32 Å². The van der Waals surface area contributed by atoms with E-state index >= 15 is 0 Å². The molecule has 0 aliphatic rings. The number of nitrogens with one attached hydrogen (secondary N) is 1. The van der Waals surface area contributed by atoms with Gasteiger partial charge in [0.2, 0.25) is 0 Å². The predicted molar refractivity (Wildman–Crippen MR) is 137 cm³/mol. The summed E-state index contributed by atoms with van der Waals surface area (Å²) in [6.07, 6.45) is 0.398. The van der Waals surface area contributed by atoms with E-state index in [-0.39, 0.29) is 11.3 Å². The molecule has 8 heteroatoms. The van der Waals surface area contributed by atoms with E-state index in [1.54, 1.807) is 52.1 Å². The summed E-state index contributed by atoms with van der Waals surface area (Å²) in [4.78, 5) is 37.5. The minimum absolute atomic E-state index is 0.197. The smallest absolute Gasteiger partial charge is 0.408 e. The average Bonchev–Trinajstić information content (AvgIpc) is 2.79. The molecule has 36 heavy (non-hydrogen) atoms. The third-order valence-electron chi connectivity index (χ3n) is 5.34. The lowest BCUT2D eigenvalue weighted by Crippen LogP contribution is -2.45. The molecule has 2 aromatic carbocycles. The van der Waals surface area contributed by atoms with Crippen molar-refractivity contribution < 1.29 is 28.2 Å². The van der Waals surface area contributed by atoms with Gasteiger partial charge in [-0.2, -0.15) is 0 Å². The number of carbonyl (C=O) groups excluding carboxylic acids is 2. The van der Waals surface area contributed by atoms with Crippen LogP contribution in [-0.2, 0) is 9.53 Å². The third-order valence-corrected chi connectivity index (χ3v) is 5.34. The van der Waals surface area contributed by atoms with Crippen LogP contribution in [0.5, 0.6) is 11.5 Å². The van der Waals surface area contributed by atoms with Gasteiger partial charge in [-0.15, -0.1) is 0 Å². The van der Waals surface area contributed by atoms with E-state index in [0.717, 1.165) is 5.56 Å². The standard InChI is InChI=1S/C28H33NO7/c1-17(2)7-14-23(29-27(32)36-28(3,4)5)26(31)34-20-12-13-21-22(16-25(30)35-24(21)15-20)18-8-10-19(33-6)11-9-18/h8-13,15-17,23H,7,14H2,1-6H3,(H,29,32)/t23-/m1/s1. The second kappa shape index (κ2) is 11.3. The molecule has 1 amide bonds. The number of ether oxygens (including phenoxy) is 3. The molecular weight excluding hydrogens is 462 g/mol. The summed E-state index contributed by atoms with van der Waals surface area (Å²) in [5.41, 5.74) is 0.543. The molecule has 1 heterocycles. The van der Waals surface area contributed by atoms with Crippen LogP contribution in [0.3, 0.4) is 0 Å². The number of benzene rings is 2. The monoisotopic (exact) mass is 495 g/mol. The number of carbonyl (C=O) groups is 2. The fourth-order valence-corrected chi connectivity index (χ4v) is 3.60. The van der Waals surface area contributed by atoms with Crippen LogP contribution in [0, 0.1) is 5.92 Å². The molecule has 8 nitrogen and oxygen atoms in total. The molecule has 0 aliphatic carbocycles. The van der Waals surface area contributed by atoms with Gasteiger partial charge in [-0.25, -0.2) is 14.4 Å². The van der Waals surface area contributed by atoms with Crippen molar-refractivity contribution in [3.63, 3.8) is 0 Å². The Morgan fingerprint density at radius 2 is 1.64 bits per heavy atom. The molecule has 0 fully saturated rings. The molecule has 1 N–H and O–H groups in total. The van der Waals surface area contributed by atoms with Crippen LogP contribution in [0.1, 0.15) is 47.5 Å². The zero-order valence-electron chi connectivity index (χ0n) is 21.5. The molecular formula is C28H33NO7. The van der Waals surface area contributed by atoms with Crippen LogP contribution < -0.4 is 20.4 Å². The molecule has 3 rings (SSSR count). The van der Waals surface area contributed by atoms with E-state index in [1.165, 1.54) is 12.1 Å². The number of hydrogen-bond acceptors (Lipinski definition) is 7. The summed E-state index contributed by atoms with van der Waals surface area (Å²) >= 11 is 0. The highest BCUT2D eigenvalue weighted by Crippen LogP contribution is 2.31. The summed E-state index contributed by atoms with van der Waals surface area (Å²) in [5, 5.41) is 3.30. The maximum absolute atomic E-state index is 13.0. The Kier molecular flexibility index (Phi) is 8.40. The van der Waals surface area contributed by atoms with E-state index in [0.29, 0.717) is 35.5 Å². The number of amides is 1. The number of rotatable bonds is 8. The van der Waals surface area contributed by atoms with Crippen molar-refractivity contribution in [1.29, 1.82) is 0 Å². The van der Waals surface area contributed by atoms with Gasteiger partial charge in [-0.1, -0.05) is 26.0 Å². The maximum Gasteiger partial charge on any atom is 0.408 e. The van der Waals surface area contributed by atoms with Crippen LogP contribution in [0.2, 0.25) is 0 Å². The summed E-state index contributed by atoms with van der Waals surface area (Å²) in [6.45, 7) is 9.30. The summed E-state index contributed by atoms with van der Waals surface area (Å²) in [7, 11) is 1.58. The quantitative estimate of drug-likeness (QED) is 0.243. The van der Waals surface area contributed by atoms with Gasteiger partial charge in [0.15, 0.2) is 0 Å². The zero-order valence-corrected chi connectivity index (χ0v) is 21.5. The van der Waals surface area contributed by atoms with Crippen LogP contribution in [0.15, 0.2) is 57.7 Å². The molecule has 0 saturated heterocycles. The predicted octanol–water partition coefficient (Wildman–Crippen LogP) is 5.70. The SMILES string of the molecule is COc1ccc(-c2cc(=O)oc3cc(OC(=O)[C@@H](CCC(C)C)NC(=O)OC(C)(C)C)ccc23)cc1. The van der Waals surface area contributed by atoms with Gasteiger partial charge < -0.3 is 23.9 Å². The third kappa shape index (κ3) is 7.34. The van der Waals surface area contributed by atoms with E-state index in [2.05, 4.69) is 5.32 Å². The summed E-state index contributed by atoms with van der Waals surface area (Å²) in [5.74, 6) is 0.594. The van der Waals surface area contributed by atoms with Crippen LogP contribution in [0.4, 0.5) is 4.79 Å². The van der Waals surface area contributed by atoms with E-state index in [1.807, 2.05) is 26.0 Å². The Morgan fingerprint density at radius 1 is 0.972 bits per heavy atom. The first-order valence-corrected chi connectivity index (χ1v) is 11.9. The van der Waals surface area contributed by atoms with E-state index < -0.39 is 29.3 Å². The lowest BCUT2D eigenvalue weighted by Gasteiger charge is -2.23. The first-order valence-electron chi connectivity index (χ1n) is 11.9. The highest BCUT2D eigenvalue weighted by Gasteiger charge is 2.26. The minimum Gasteiger partial charge on any atom is -0.497 e. The van der Waals surface area contributed by atoms with Crippen molar-refractivity contribution in [2.75, 3.05) is 7.11 Å². The average molecular weight is 496 g/mol. The second-order valence-electron chi connectivity index (χ2n) is 9.96. The van der Waals surface area contributed by atoms with Gasteiger partial charge in [-0.05, 0) is 74.9 Å². The van der Waals surface area contributed by atoms with E-state index in [9.17, 15) is 14.4 Å². The van der Waals surface area contributed by atoms with Gasteiger partial charge in [0.1, 0.15) is 28.7 Å². The van der Waals surface area contributed by atoms with Gasteiger partial charge in [0.25, 0.3) is 0 Å². The number of methoxy groups -OCH3 is 1. The van der Waals surface area contributed by atoms with Crippen molar-refractivity contribution in [3.8, 4) is 22.6 Å². The molecule has 1 aromatic heterocycles. The zero-order chi connectivity index (χ0) is 26.5. The molecule has 3 aromatic rings. The first kappa shape index (κ1) is 26.8. The molecule has 192 valence electrons. The number of esters is 1. The lowest BCUT2D eigenvalue weighted by atomic mass is 10.0. The maximum atomic E-state index is 13.0. The lowest BCUT2D eigenvalue weighted by molar-refractivity contribution is -0.137. The molecule has 0 unspecified atom stereocenters. The van der Waals surface area contributed by atoms with E-state index in [4.69, 9.17) is 18.6 Å². The van der Waals surface area contributed by atoms with Gasteiger partial charge >= 0.3 is 17.7 Å². The largest absolute Gasteiger partial charge is 0.497 e. The summed E-state index contributed by atoms with van der Waals surface area (Å²) < 4.78 is 21.5. The normalized spacial score (nSPS) is 12.3. The van der Waals surface area contributed by atoms with Crippen LogP contribution in [0.25, 0.3) is 22.1 Å². The Bertz CT molecular complexity index is 1270. The number of alkyl carbamates (subject to hydrolysis) is 1. The molecule has 0 saturated carbocycles. The molecule has 1 atom stereocenters. The first-order chi connectivity index (χ1) is 16.9. The van der Waals surface area contributed by atoms with Crippen molar-refractivity contribution in [3.05, 3.63) is 59.0 Å². The molecule has 0 spiro atoms. The van der Waals surface area contributed by atoms with Crippen LogP contribution in [-0.4, -0.2) is 30.8 Å². The van der Waals surface area contributed by atoms with Crippen LogP contribution >= 0.6 is 0 Å².